The molecule has 0 aliphatic carbocycles. The fraction of sp³-hybridized carbons (Fsp3) is 0.235. The van der Waals surface area contributed by atoms with Gasteiger partial charge in [0.25, 0.3) is 0 Å². The van der Waals surface area contributed by atoms with Crippen molar-refractivity contribution in [1.29, 1.82) is 0 Å². The van der Waals surface area contributed by atoms with Gasteiger partial charge in [-0.25, -0.2) is 0 Å². The summed E-state index contributed by atoms with van der Waals surface area (Å²) in [6.07, 6.45) is -3.41. The second-order valence-corrected chi connectivity index (χ2v) is 5.20. The standard InChI is InChI=1S/C17H17F3N2O/c18-17(19,20)13-7-4-8-14(11-13)22-16(23)15(21)10-9-12-5-2-1-3-6-12/h1-8,11,15H,9-10,21H2,(H,22,23). The fourth-order valence-corrected chi connectivity index (χ4v) is 2.11. The first-order chi connectivity index (χ1) is 10.9. The normalized spacial score (nSPS) is 12.7. The highest BCUT2D eigenvalue weighted by atomic mass is 19.4. The number of amides is 1. The minimum atomic E-state index is -4.45. The van der Waals surface area contributed by atoms with Crippen LogP contribution < -0.4 is 11.1 Å². The van der Waals surface area contributed by atoms with E-state index < -0.39 is 23.7 Å². The summed E-state index contributed by atoms with van der Waals surface area (Å²) in [4.78, 5) is 12.0. The number of halogens is 3. The number of rotatable bonds is 5. The maximum atomic E-state index is 12.6. The van der Waals surface area contributed by atoms with Crippen molar-refractivity contribution < 1.29 is 18.0 Å². The Bertz CT molecular complexity index is 656. The topological polar surface area (TPSA) is 55.1 Å². The highest BCUT2D eigenvalue weighted by Gasteiger charge is 2.30. The van der Waals surface area contributed by atoms with E-state index in [0.717, 1.165) is 17.7 Å². The number of nitrogens with two attached hydrogens (primary N) is 1. The van der Waals surface area contributed by atoms with Gasteiger partial charge in [-0.2, -0.15) is 13.2 Å². The molecule has 2 aromatic rings. The molecule has 0 heterocycles. The minimum Gasteiger partial charge on any atom is -0.325 e. The molecule has 0 saturated heterocycles. The molecule has 23 heavy (non-hydrogen) atoms. The van der Waals surface area contributed by atoms with Crippen molar-refractivity contribution in [2.75, 3.05) is 5.32 Å². The molecule has 0 saturated carbocycles. The number of carbonyl (C=O) groups is 1. The van der Waals surface area contributed by atoms with Crippen molar-refractivity contribution in [3.05, 3.63) is 65.7 Å². The first-order valence-electron chi connectivity index (χ1n) is 7.14. The van der Waals surface area contributed by atoms with Crippen LogP contribution in [0.3, 0.4) is 0 Å². The lowest BCUT2D eigenvalue weighted by atomic mass is 10.1. The molecular formula is C17H17F3N2O. The second kappa shape index (κ2) is 7.28. The van der Waals surface area contributed by atoms with E-state index in [1.165, 1.54) is 12.1 Å². The Balaban J connectivity index is 1.93. The van der Waals surface area contributed by atoms with Gasteiger partial charge < -0.3 is 11.1 Å². The highest BCUT2D eigenvalue weighted by molar-refractivity contribution is 5.94. The highest BCUT2D eigenvalue weighted by Crippen LogP contribution is 2.30. The average Bonchev–Trinajstić information content (AvgIpc) is 2.53. The van der Waals surface area contributed by atoms with Gasteiger partial charge in [0, 0.05) is 5.69 Å². The third-order valence-electron chi connectivity index (χ3n) is 3.38. The van der Waals surface area contributed by atoms with E-state index in [-0.39, 0.29) is 5.69 Å². The number of carbonyl (C=O) groups excluding carboxylic acids is 1. The molecule has 122 valence electrons. The van der Waals surface area contributed by atoms with Crippen LogP contribution in [0.1, 0.15) is 17.5 Å². The summed E-state index contributed by atoms with van der Waals surface area (Å²) in [6, 6.07) is 13.2. The van der Waals surface area contributed by atoms with Crippen LogP contribution in [0.4, 0.5) is 18.9 Å². The van der Waals surface area contributed by atoms with Gasteiger partial charge in [-0.15, -0.1) is 0 Å². The van der Waals surface area contributed by atoms with E-state index in [1.54, 1.807) is 0 Å². The van der Waals surface area contributed by atoms with Gasteiger partial charge in [0.1, 0.15) is 0 Å². The van der Waals surface area contributed by atoms with E-state index >= 15 is 0 Å². The van der Waals surface area contributed by atoms with Crippen molar-refractivity contribution in [1.82, 2.24) is 0 Å². The molecular weight excluding hydrogens is 305 g/mol. The fourth-order valence-electron chi connectivity index (χ4n) is 2.11. The van der Waals surface area contributed by atoms with E-state index in [1.807, 2.05) is 30.3 Å². The van der Waals surface area contributed by atoms with Gasteiger partial charge in [-0.3, -0.25) is 4.79 Å². The van der Waals surface area contributed by atoms with Crippen LogP contribution in [-0.4, -0.2) is 11.9 Å². The van der Waals surface area contributed by atoms with Crippen molar-refractivity contribution >= 4 is 11.6 Å². The minimum absolute atomic E-state index is 0.0833. The van der Waals surface area contributed by atoms with Crippen molar-refractivity contribution in [2.45, 2.75) is 25.1 Å². The van der Waals surface area contributed by atoms with Crippen LogP contribution in [0.25, 0.3) is 0 Å². The number of hydrogen-bond donors (Lipinski definition) is 2. The molecule has 1 atom stereocenters. The lowest BCUT2D eigenvalue weighted by Gasteiger charge is -2.13. The summed E-state index contributed by atoms with van der Waals surface area (Å²) in [7, 11) is 0. The zero-order chi connectivity index (χ0) is 16.9. The summed E-state index contributed by atoms with van der Waals surface area (Å²) in [5, 5.41) is 2.43. The Morgan fingerprint density at radius 2 is 1.78 bits per heavy atom. The third-order valence-corrected chi connectivity index (χ3v) is 3.38. The molecule has 1 amide bonds. The molecule has 0 bridgehead atoms. The lowest BCUT2D eigenvalue weighted by Crippen LogP contribution is -2.36. The molecule has 0 aliphatic heterocycles. The molecule has 2 rings (SSSR count). The number of alkyl halides is 3. The molecule has 3 N–H and O–H groups in total. The molecule has 0 aliphatic rings. The second-order valence-electron chi connectivity index (χ2n) is 5.20. The van der Waals surface area contributed by atoms with Crippen molar-refractivity contribution in [3.8, 4) is 0 Å². The first-order valence-corrected chi connectivity index (χ1v) is 7.14. The molecule has 6 heteroatoms. The summed E-state index contributed by atoms with van der Waals surface area (Å²) < 4.78 is 37.9. The zero-order valence-corrected chi connectivity index (χ0v) is 12.3. The van der Waals surface area contributed by atoms with Crippen LogP contribution >= 0.6 is 0 Å². The summed E-state index contributed by atoms with van der Waals surface area (Å²) in [5.41, 5.74) is 6.12. The molecule has 0 fully saturated rings. The van der Waals surface area contributed by atoms with E-state index in [0.29, 0.717) is 12.8 Å². The first kappa shape index (κ1) is 17.0. The predicted octanol–water partition coefficient (Wildman–Crippen LogP) is 3.60. The Morgan fingerprint density at radius 3 is 2.43 bits per heavy atom. The largest absolute Gasteiger partial charge is 0.416 e. The maximum absolute atomic E-state index is 12.6. The van der Waals surface area contributed by atoms with Gasteiger partial charge in [0.15, 0.2) is 0 Å². The number of nitrogens with one attached hydrogen (secondary N) is 1. The predicted molar refractivity (Wildman–Crippen MR) is 82.8 cm³/mol. The Kier molecular flexibility index (Phi) is 5.39. The number of aryl methyl sites for hydroxylation is 1. The smallest absolute Gasteiger partial charge is 0.325 e. The summed E-state index contributed by atoms with van der Waals surface area (Å²) in [6.45, 7) is 0. The molecule has 0 aromatic heterocycles. The van der Waals surface area contributed by atoms with Gasteiger partial charge in [0.2, 0.25) is 5.91 Å². The van der Waals surface area contributed by atoms with Gasteiger partial charge in [-0.1, -0.05) is 36.4 Å². The number of hydrogen-bond acceptors (Lipinski definition) is 2. The quantitative estimate of drug-likeness (QED) is 0.883. The van der Waals surface area contributed by atoms with Gasteiger partial charge in [-0.05, 0) is 36.6 Å². The Hall–Kier alpha value is -2.34. The molecule has 3 nitrogen and oxygen atoms in total. The van der Waals surface area contributed by atoms with E-state index in [4.69, 9.17) is 5.73 Å². The van der Waals surface area contributed by atoms with Gasteiger partial charge >= 0.3 is 6.18 Å². The average molecular weight is 322 g/mol. The maximum Gasteiger partial charge on any atom is 0.416 e. The monoisotopic (exact) mass is 322 g/mol. The number of anilines is 1. The van der Waals surface area contributed by atoms with E-state index in [2.05, 4.69) is 5.32 Å². The van der Waals surface area contributed by atoms with Crippen molar-refractivity contribution in [3.63, 3.8) is 0 Å². The number of benzene rings is 2. The molecule has 2 aromatic carbocycles. The SMILES string of the molecule is NC(CCc1ccccc1)C(=O)Nc1cccc(C(F)(F)F)c1. The van der Waals surface area contributed by atoms with Crippen LogP contribution in [0.15, 0.2) is 54.6 Å². The van der Waals surface area contributed by atoms with Crippen molar-refractivity contribution in [2.24, 2.45) is 5.73 Å². The molecule has 0 spiro atoms. The lowest BCUT2D eigenvalue weighted by molar-refractivity contribution is -0.137. The third kappa shape index (κ3) is 5.10. The van der Waals surface area contributed by atoms with Gasteiger partial charge in [0.05, 0.1) is 11.6 Å². The Morgan fingerprint density at radius 1 is 1.09 bits per heavy atom. The Labute approximate surface area is 132 Å². The zero-order valence-electron chi connectivity index (χ0n) is 12.3. The molecule has 0 radical (unpaired) electrons. The van der Waals surface area contributed by atoms with Crippen LogP contribution in [0, 0.1) is 0 Å². The van der Waals surface area contributed by atoms with E-state index in [9.17, 15) is 18.0 Å². The van der Waals surface area contributed by atoms with Crippen LogP contribution in [0.5, 0.6) is 0 Å². The van der Waals surface area contributed by atoms with Crippen LogP contribution in [-0.2, 0) is 17.4 Å². The summed E-state index contributed by atoms with van der Waals surface area (Å²) >= 11 is 0. The molecule has 1 unspecified atom stereocenters. The van der Waals surface area contributed by atoms with Crippen LogP contribution in [0.2, 0.25) is 0 Å². The summed E-state index contributed by atoms with van der Waals surface area (Å²) in [5.74, 6) is -0.500.